The molecule has 0 saturated heterocycles. The molecule has 6 heteroatoms. The van der Waals surface area contributed by atoms with Gasteiger partial charge in [-0.2, -0.15) is 0 Å². The van der Waals surface area contributed by atoms with Crippen LogP contribution in [-0.2, 0) is 19.3 Å². The van der Waals surface area contributed by atoms with Crippen LogP contribution in [0.15, 0.2) is 121 Å². The van der Waals surface area contributed by atoms with E-state index in [4.69, 9.17) is 0 Å². The van der Waals surface area contributed by atoms with Gasteiger partial charge < -0.3 is 15.3 Å². The number of nitrogens with one attached hydrogen (secondary N) is 3. The van der Waals surface area contributed by atoms with Gasteiger partial charge in [0.05, 0.1) is 6.54 Å². The molecule has 6 aromatic rings. The number of aromatic nitrogens is 4. The first-order chi connectivity index (χ1) is 20.7. The Hall–Kier alpha value is -4.97. The molecule has 6 nitrogen and oxygen atoms in total. The molecular weight excluding hydrogens is 516 g/mol. The van der Waals surface area contributed by atoms with Crippen LogP contribution < -0.4 is 5.32 Å². The third-order valence-corrected chi connectivity index (χ3v) is 7.29. The van der Waals surface area contributed by atoms with Crippen LogP contribution in [0.3, 0.4) is 0 Å². The van der Waals surface area contributed by atoms with Gasteiger partial charge in [0.1, 0.15) is 17.5 Å². The highest BCUT2D eigenvalue weighted by Crippen LogP contribution is 2.19. The molecule has 3 N–H and O–H groups in total. The van der Waals surface area contributed by atoms with Gasteiger partial charge in [0, 0.05) is 50.6 Å². The number of H-pyrrole nitrogens is 2. The van der Waals surface area contributed by atoms with Crippen LogP contribution in [-0.4, -0.2) is 38.9 Å². The van der Waals surface area contributed by atoms with Crippen LogP contribution >= 0.6 is 0 Å². The lowest BCUT2D eigenvalue weighted by molar-refractivity contribution is 0.954. The molecule has 0 aliphatic carbocycles. The third-order valence-electron chi connectivity index (χ3n) is 7.29. The Morgan fingerprint density at radius 2 is 1.29 bits per heavy atom. The first kappa shape index (κ1) is 28.6. The van der Waals surface area contributed by atoms with Crippen LogP contribution in [0.1, 0.15) is 39.5 Å². The molecule has 2 aromatic heterocycles. The standard InChI is InChI=1S/C14H14N2.C12H14N2.C10H10N2/c1-2-7-13-11(4-1)5-3-6-12(13)10-14-15-8-9-16-14;1-9-4-3-5-10(2)11(9)8-12-13-6-7-14-12;1-2-4-9(5-3-1)8-10-11-6-7-12-10/h1-7H,8-10H2,(H,15,16);3-7H,8H2,1-2H3,(H,13,14);1-7H,8H2,(H,11,12). The summed E-state index contributed by atoms with van der Waals surface area (Å²) in [6.45, 7) is 6.19. The highest BCUT2D eigenvalue weighted by Gasteiger charge is 2.08. The van der Waals surface area contributed by atoms with Gasteiger partial charge in [-0.1, -0.05) is 91.0 Å². The summed E-state index contributed by atoms with van der Waals surface area (Å²) in [5.41, 5.74) is 6.68. The van der Waals surface area contributed by atoms with Crippen molar-refractivity contribution in [2.24, 2.45) is 4.99 Å². The molecule has 1 aliphatic heterocycles. The van der Waals surface area contributed by atoms with Crippen molar-refractivity contribution in [1.82, 2.24) is 25.3 Å². The Labute approximate surface area is 248 Å². The summed E-state index contributed by atoms with van der Waals surface area (Å²) in [5.74, 6) is 3.17. The second-order valence-corrected chi connectivity index (χ2v) is 10.4. The average Bonchev–Trinajstić information content (AvgIpc) is 3.82. The molecule has 0 fully saturated rings. The van der Waals surface area contributed by atoms with E-state index in [-0.39, 0.29) is 0 Å². The van der Waals surface area contributed by atoms with Crippen molar-refractivity contribution < 1.29 is 0 Å². The zero-order valence-electron chi connectivity index (χ0n) is 24.3. The summed E-state index contributed by atoms with van der Waals surface area (Å²) < 4.78 is 0. The van der Waals surface area contributed by atoms with E-state index in [9.17, 15) is 0 Å². The molecule has 0 atom stereocenters. The Balaban J connectivity index is 0.000000127. The number of aliphatic imine (C=N–C) groups is 1. The van der Waals surface area contributed by atoms with Crippen molar-refractivity contribution in [3.8, 4) is 0 Å². The predicted molar refractivity (Wildman–Crippen MR) is 173 cm³/mol. The number of amidine groups is 1. The van der Waals surface area contributed by atoms with Gasteiger partial charge in [0.25, 0.3) is 0 Å². The lowest BCUT2D eigenvalue weighted by Crippen LogP contribution is -2.20. The minimum absolute atomic E-state index is 0.883. The normalized spacial score (nSPS) is 12.0. The number of aromatic amines is 2. The van der Waals surface area contributed by atoms with Crippen LogP contribution in [0.25, 0.3) is 10.8 Å². The fourth-order valence-electron chi connectivity index (χ4n) is 5.07. The monoisotopic (exact) mass is 554 g/mol. The summed E-state index contributed by atoms with van der Waals surface area (Å²) in [4.78, 5) is 19.0. The summed E-state index contributed by atoms with van der Waals surface area (Å²) >= 11 is 0. The number of fused-ring (bicyclic) bond motifs is 1. The molecule has 4 aromatic carbocycles. The van der Waals surface area contributed by atoms with Gasteiger partial charge in [-0.05, 0) is 52.4 Å². The molecule has 0 amide bonds. The van der Waals surface area contributed by atoms with Gasteiger partial charge in [-0.15, -0.1) is 0 Å². The average molecular weight is 555 g/mol. The van der Waals surface area contributed by atoms with E-state index < -0.39 is 0 Å². The Bertz CT molecular complexity index is 1660. The van der Waals surface area contributed by atoms with E-state index in [2.05, 4.69) is 117 Å². The first-order valence-electron chi connectivity index (χ1n) is 14.4. The van der Waals surface area contributed by atoms with Crippen LogP contribution in [0, 0.1) is 13.8 Å². The minimum atomic E-state index is 0.883. The van der Waals surface area contributed by atoms with Crippen molar-refractivity contribution in [3.05, 3.63) is 155 Å². The largest absolute Gasteiger partial charge is 0.372 e. The zero-order valence-corrected chi connectivity index (χ0v) is 24.3. The van der Waals surface area contributed by atoms with Gasteiger partial charge in [0.15, 0.2) is 0 Å². The van der Waals surface area contributed by atoms with Crippen LogP contribution in [0.2, 0.25) is 0 Å². The Kier molecular flexibility index (Phi) is 9.93. The maximum Gasteiger partial charge on any atom is 0.110 e. The van der Waals surface area contributed by atoms with Crippen molar-refractivity contribution >= 4 is 16.6 Å². The summed E-state index contributed by atoms with van der Waals surface area (Å²) in [5, 5.41) is 5.96. The Morgan fingerprint density at radius 1 is 0.643 bits per heavy atom. The van der Waals surface area contributed by atoms with Gasteiger partial charge >= 0.3 is 0 Å². The smallest absolute Gasteiger partial charge is 0.110 e. The topological polar surface area (TPSA) is 81.8 Å². The maximum atomic E-state index is 4.44. The molecule has 0 spiro atoms. The van der Waals surface area contributed by atoms with E-state index in [1.807, 2.05) is 30.6 Å². The number of hydrogen-bond donors (Lipinski definition) is 3. The van der Waals surface area contributed by atoms with Crippen molar-refractivity contribution in [2.45, 2.75) is 33.1 Å². The number of benzene rings is 4. The van der Waals surface area contributed by atoms with E-state index >= 15 is 0 Å². The van der Waals surface area contributed by atoms with Crippen LogP contribution in [0.4, 0.5) is 0 Å². The molecule has 212 valence electrons. The first-order valence-corrected chi connectivity index (χ1v) is 14.4. The summed E-state index contributed by atoms with van der Waals surface area (Å²) in [7, 11) is 0. The number of nitrogens with zero attached hydrogens (tertiary/aromatic N) is 3. The van der Waals surface area contributed by atoms with Gasteiger partial charge in [0.2, 0.25) is 0 Å². The molecule has 1 aliphatic rings. The molecule has 0 unspecified atom stereocenters. The van der Waals surface area contributed by atoms with Crippen molar-refractivity contribution in [3.63, 3.8) is 0 Å². The molecule has 7 rings (SSSR count). The molecule has 0 bridgehead atoms. The highest BCUT2D eigenvalue weighted by atomic mass is 15.1. The maximum absolute atomic E-state index is 4.44. The molecule has 3 heterocycles. The summed E-state index contributed by atoms with van der Waals surface area (Å²) in [6.07, 6.45) is 9.98. The molecule has 42 heavy (non-hydrogen) atoms. The SMILES string of the molecule is Cc1cccc(C)c1Cc1ncc[nH]1.c1ccc(Cc2ncc[nH]2)cc1.c1ccc2c(CC3=NCCN3)cccc2c1. The predicted octanol–water partition coefficient (Wildman–Crippen LogP) is 7.00. The minimum Gasteiger partial charge on any atom is -0.372 e. The second-order valence-electron chi connectivity index (χ2n) is 10.4. The summed E-state index contributed by atoms with van der Waals surface area (Å²) in [6, 6.07) is 31.6. The second kappa shape index (κ2) is 14.6. The molecule has 0 saturated carbocycles. The van der Waals surface area contributed by atoms with E-state index in [0.29, 0.717) is 0 Å². The molecule has 0 radical (unpaired) electrons. The number of imidazole rings is 2. The number of aryl methyl sites for hydroxylation is 2. The number of rotatable bonds is 6. The fraction of sp³-hybridized carbons (Fsp3) is 0.194. The van der Waals surface area contributed by atoms with Crippen molar-refractivity contribution in [1.29, 1.82) is 0 Å². The van der Waals surface area contributed by atoms with Crippen LogP contribution in [0.5, 0.6) is 0 Å². The van der Waals surface area contributed by atoms with Gasteiger partial charge in [-0.3, -0.25) is 4.99 Å². The highest BCUT2D eigenvalue weighted by molar-refractivity contribution is 5.92. The fourth-order valence-corrected chi connectivity index (χ4v) is 5.07. The van der Waals surface area contributed by atoms with Gasteiger partial charge in [-0.25, -0.2) is 9.97 Å². The lowest BCUT2D eigenvalue weighted by Gasteiger charge is -2.07. The van der Waals surface area contributed by atoms with E-state index in [0.717, 1.165) is 49.8 Å². The van der Waals surface area contributed by atoms with E-state index in [1.54, 1.807) is 12.4 Å². The zero-order chi connectivity index (χ0) is 29.0. The number of hydrogen-bond acceptors (Lipinski definition) is 4. The third kappa shape index (κ3) is 8.04. The quantitative estimate of drug-likeness (QED) is 0.207. The van der Waals surface area contributed by atoms with Crippen molar-refractivity contribution in [2.75, 3.05) is 13.1 Å². The Morgan fingerprint density at radius 3 is 1.95 bits per heavy atom. The van der Waals surface area contributed by atoms with E-state index in [1.165, 1.54) is 38.6 Å². The lowest BCUT2D eigenvalue weighted by atomic mass is 10.00. The molecular formula is C36H38N6.